The summed E-state index contributed by atoms with van der Waals surface area (Å²) in [6.45, 7) is 4.44. The third-order valence-electron chi connectivity index (χ3n) is 4.92. The molecular formula is C21H27ClFN3O2. The van der Waals surface area contributed by atoms with Crippen molar-refractivity contribution in [3.05, 3.63) is 65.5 Å². The number of para-hydroxylation sites is 1. The maximum absolute atomic E-state index is 13.6. The fourth-order valence-electron chi connectivity index (χ4n) is 3.55. The zero-order chi connectivity index (χ0) is 19.2. The Balaban J connectivity index is 0.00000280. The van der Waals surface area contributed by atoms with Crippen molar-refractivity contribution in [1.29, 1.82) is 0 Å². The van der Waals surface area contributed by atoms with E-state index in [9.17, 15) is 9.18 Å². The fraction of sp³-hybridized carbons (Fsp3) is 0.381. The molecule has 2 atom stereocenters. The van der Waals surface area contributed by atoms with Crippen LogP contribution in [0.4, 0.5) is 4.39 Å². The molecule has 2 aromatic carbocycles. The molecule has 1 amide bonds. The lowest BCUT2D eigenvalue weighted by Gasteiger charge is -2.36. The lowest BCUT2D eigenvalue weighted by atomic mass is 10.0. The molecule has 2 unspecified atom stereocenters. The highest BCUT2D eigenvalue weighted by atomic mass is 35.5. The Morgan fingerprint density at radius 3 is 2.86 bits per heavy atom. The van der Waals surface area contributed by atoms with Crippen LogP contribution in [0.1, 0.15) is 30.1 Å². The number of halogens is 2. The van der Waals surface area contributed by atoms with Crippen molar-refractivity contribution in [1.82, 2.24) is 15.5 Å². The van der Waals surface area contributed by atoms with Crippen molar-refractivity contribution in [2.45, 2.75) is 19.0 Å². The summed E-state index contributed by atoms with van der Waals surface area (Å²) in [5.41, 5.74) is 1.82. The van der Waals surface area contributed by atoms with E-state index in [1.54, 1.807) is 19.2 Å². The number of benzene rings is 2. The molecule has 1 fully saturated rings. The lowest BCUT2D eigenvalue weighted by molar-refractivity contribution is -0.123. The minimum Gasteiger partial charge on any atom is -0.496 e. The molecule has 5 nitrogen and oxygen atoms in total. The van der Waals surface area contributed by atoms with Gasteiger partial charge in [-0.15, -0.1) is 12.4 Å². The number of carbonyl (C=O) groups excluding carboxylic acids is 1. The van der Waals surface area contributed by atoms with Crippen molar-refractivity contribution in [3.8, 4) is 5.75 Å². The van der Waals surface area contributed by atoms with Crippen LogP contribution in [0, 0.1) is 5.82 Å². The van der Waals surface area contributed by atoms with Crippen molar-refractivity contribution < 1.29 is 13.9 Å². The highest BCUT2D eigenvalue weighted by molar-refractivity contribution is 5.85. The Morgan fingerprint density at radius 2 is 2.11 bits per heavy atom. The van der Waals surface area contributed by atoms with Crippen LogP contribution in [0.15, 0.2) is 48.5 Å². The molecule has 0 saturated carbocycles. The van der Waals surface area contributed by atoms with Gasteiger partial charge in [-0.3, -0.25) is 9.69 Å². The highest BCUT2D eigenvalue weighted by Gasteiger charge is 2.26. The number of nitrogens with zero attached hydrogens (tertiary/aromatic N) is 1. The van der Waals surface area contributed by atoms with Crippen LogP contribution >= 0.6 is 12.4 Å². The number of rotatable bonds is 6. The van der Waals surface area contributed by atoms with E-state index in [-0.39, 0.29) is 42.8 Å². The van der Waals surface area contributed by atoms with Gasteiger partial charge in [0.2, 0.25) is 5.91 Å². The molecule has 0 radical (unpaired) electrons. The molecule has 0 bridgehead atoms. The standard InChI is InChI=1S/C21H26FN3O2.ClH/c1-15(18-8-3-4-9-20(18)27-2)24-21(26)14-25-11-10-23-13-19(25)16-6-5-7-17(22)12-16;/h3-9,12,15,19,23H,10-11,13-14H2,1-2H3,(H,24,26);1H. The topological polar surface area (TPSA) is 53.6 Å². The van der Waals surface area contributed by atoms with E-state index in [0.717, 1.165) is 30.0 Å². The number of hydrogen-bond acceptors (Lipinski definition) is 4. The normalized spacial score (nSPS) is 18.0. The van der Waals surface area contributed by atoms with Crippen molar-refractivity contribution in [2.75, 3.05) is 33.3 Å². The predicted octanol–water partition coefficient (Wildman–Crippen LogP) is 3.08. The molecule has 0 spiro atoms. The predicted molar refractivity (Wildman–Crippen MR) is 110 cm³/mol. The van der Waals surface area contributed by atoms with Crippen LogP contribution in [0.5, 0.6) is 5.75 Å². The molecule has 0 aliphatic carbocycles. The first kappa shape index (κ1) is 22.1. The fourth-order valence-corrected chi connectivity index (χ4v) is 3.55. The lowest BCUT2D eigenvalue weighted by Crippen LogP contribution is -2.49. The van der Waals surface area contributed by atoms with E-state index in [1.165, 1.54) is 6.07 Å². The third kappa shape index (κ3) is 5.44. The minimum absolute atomic E-state index is 0. The van der Waals surface area contributed by atoms with Gasteiger partial charge in [0.1, 0.15) is 11.6 Å². The van der Waals surface area contributed by atoms with E-state index < -0.39 is 0 Å². The van der Waals surface area contributed by atoms with Gasteiger partial charge in [0.25, 0.3) is 0 Å². The van der Waals surface area contributed by atoms with Gasteiger partial charge in [-0.25, -0.2) is 4.39 Å². The second-order valence-electron chi connectivity index (χ2n) is 6.78. The van der Waals surface area contributed by atoms with Gasteiger partial charge in [-0.05, 0) is 30.7 Å². The number of carbonyl (C=O) groups is 1. The summed E-state index contributed by atoms with van der Waals surface area (Å²) in [7, 11) is 1.62. The largest absolute Gasteiger partial charge is 0.496 e. The van der Waals surface area contributed by atoms with Gasteiger partial charge in [0.05, 0.1) is 19.7 Å². The molecular weight excluding hydrogens is 381 g/mol. The van der Waals surface area contributed by atoms with Gasteiger partial charge in [0, 0.05) is 31.2 Å². The summed E-state index contributed by atoms with van der Waals surface area (Å²) in [4.78, 5) is 14.7. The Hall–Kier alpha value is -2.15. The van der Waals surface area contributed by atoms with Gasteiger partial charge >= 0.3 is 0 Å². The average Bonchev–Trinajstić information content (AvgIpc) is 2.68. The van der Waals surface area contributed by atoms with E-state index in [1.807, 2.05) is 37.3 Å². The number of piperazine rings is 1. The Morgan fingerprint density at radius 1 is 1.32 bits per heavy atom. The average molecular weight is 408 g/mol. The van der Waals surface area contributed by atoms with Gasteiger partial charge < -0.3 is 15.4 Å². The molecule has 1 saturated heterocycles. The van der Waals surface area contributed by atoms with Crippen LogP contribution in [0.2, 0.25) is 0 Å². The monoisotopic (exact) mass is 407 g/mol. The Labute approximate surface area is 171 Å². The van der Waals surface area contributed by atoms with Crippen LogP contribution < -0.4 is 15.4 Å². The molecule has 1 aliphatic rings. The van der Waals surface area contributed by atoms with Crippen LogP contribution in [-0.2, 0) is 4.79 Å². The summed E-state index contributed by atoms with van der Waals surface area (Å²) in [6, 6.07) is 14.1. The summed E-state index contributed by atoms with van der Waals surface area (Å²) in [5, 5.41) is 6.37. The second-order valence-corrected chi connectivity index (χ2v) is 6.78. The summed E-state index contributed by atoms with van der Waals surface area (Å²) in [5.74, 6) is 0.439. The smallest absolute Gasteiger partial charge is 0.234 e. The zero-order valence-electron chi connectivity index (χ0n) is 16.2. The third-order valence-corrected chi connectivity index (χ3v) is 4.92. The van der Waals surface area contributed by atoms with Gasteiger partial charge in [-0.2, -0.15) is 0 Å². The highest BCUT2D eigenvalue weighted by Crippen LogP contribution is 2.25. The number of amides is 1. The van der Waals surface area contributed by atoms with Crippen LogP contribution in [0.25, 0.3) is 0 Å². The molecule has 28 heavy (non-hydrogen) atoms. The van der Waals surface area contributed by atoms with E-state index in [2.05, 4.69) is 15.5 Å². The van der Waals surface area contributed by atoms with Gasteiger partial charge in [0.15, 0.2) is 0 Å². The molecule has 3 rings (SSSR count). The summed E-state index contributed by atoms with van der Waals surface area (Å²) >= 11 is 0. The van der Waals surface area contributed by atoms with E-state index in [0.29, 0.717) is 6.54 Å². The maximum Gasteiger partial charge on any atom is 0.234 e. The van der Waals surface area contributed by atoms with E-state index in [4.69, 9.17) is 4.74 Å². The van der Waals surface area contributed by atoms with Crippen LogP contribution in [-0.4, -0.2) is 44.1 Å². The first-order valence-electron chi connectivity index (χ1n) is 9.21. The first-order chi connectivity index (χ1) is 13.1. The molecule has 152 valence electrons. The van der Waals surface area contributed by atoms with Crippen LogP contribution in [0.3, 0.4) is 0 Å². The number of hydrogen-bond donors (Lipinski definition) is 2. The summed E-state index contributed by atoms with van der Waals surface area (Å²) in [6.07, 6.45) is 0. The Kier molecular flexibility index (Phi) is 8.23. The zero-order valence-corrected chi connectivity index (χ0v) is 17.0. The molecule has 7 heteroatoms. The molecule has 2 N–H and O–H groups in total. The molecule has 0 aromatic heterocycles. The van der Waals surface area contributed by atoms with E-state index >= 15 is 0 Å². The summed E-state index contributed by atoms with van der Waals surface area (Å²) < 4.78 is 19.0. The van der Waals surface area contributed by atoms with Crippen molar-refractivity contribution >= 4 is 18.3 Å². The number of ether oxygens (including phenoxy) is 1. The van der Waals surface area contributed by atoms with Crippen molar-refractivity contribution in [2.24, 2.45) is 0 Å². The first-order valence-corrected chi connectivity index (χ1v) is 9.21. The second kappa shape index (κ2) is 10.4. The van der Waals surface area contributed by atoms with Crippen molar-refractivity contribution in [3.63, 3.8) is 0 Å². The maximum atomic E-state index is 13.6. The molecule has 2 aromatic rings. The molecule has 1 aliphatic heterocycles. The van der Waals surface area contributed by atoms with Gasteiger partial charge in [-0.1, -0.05) is 30.3 Å². The molecule has 1 heterocycles. The number of nitrogens with one attached hydrogen (secondary N) is 2. The Bertz CT molecular complexity index is 790. The number of methoxy groups -OCH3 is 1. The SMILES string of the molecule is COc1ccccc1C(C)NC(=O)CN1CCNCC1c1cccc(F)c1.Cl. The quantitative estimate of drug-likeness (QED) is 0.772. The minimum atomic E-state index is -0.257.